The summed E-state index contributed by atoms with van der Waals surface area (Å²) in [5.74, 6) is -0.274. The molecular formula is C27H23Cl2N7O3. The fraction of sp³-hybridized carbons (Fsp3) is 0.222. The van der Waals surface area contributed by atoms with Gasteiger partial charge in [-0.15, -0.1) is 0 Å². The first-order valence-corrected chi connectivity index (χ1v) is 12.9. The van der Waals surface area contributed by atoms with Crippen LogP contribution < -0.4 is 20.7 Å². The highest BCUT2D eigenvalue weighted by molar-refractivity contribution is 6.32. The summed E-state index contributed by atoms with van der Waals surface area (Å²) in [5.41, 5.74) is 7.48. The molecule has 4 heterocycles. The van der Waals surface area contributed by atoms with Crippen molar-refractivity contribution in [2.24, 2.45) is 0 Å². The molecule has 0 fully saturated rings. The second kappa shape index (κ2) is 8.69. The Hall–Kier alpha value is -4.15. The van der Waals surface area contributed by atoms with Crippen LogP contribution in [0.1, 0.15) is 47.2 Å². The number of anilines is 3. The first-order chi connectivity index (χ1) is 18.6. The van der Waals surface area contributed by atoms with Crippen molar-refractivity contribution in [2.75, 3.05) is 23.1 Å². The highest BCUT2D eigenvalue weighted by Gasteiger charge is 2.64. The highest BCUT2D eigenvalue weighted by Crippen LogP contribution is 2.55. The van der Waals surface area contributed by atoms with Crippen LogP contribution in [0.3, 0.4) is 0 Å². The number of aromatic nitrogens is 4. The van der Waals surface area contributed by atoms with Crippen LogP contribution in [0.4, 0.5) is 17.3 Å². The van der Waals surface area contributed by atoms with Gasteiger partial charge in [-0.3, -0.25) is 14.5 Å². The van der Waals surface area contributed by atoms with Gasteiger partial charge in [0.2, 0.25) is 11.8 Å². The third-order valence-electron chi connectivity index (χ3n) is 7.08. The van der Waals surface area contributed by atoms with E-state index in [2.05, 4.69) is 15.3 Å². The van der Waals surface area contributed by atoms with Crippen molar-refractivity contribution in [2.45, 2.75) is 32.4 Å². The second-order valence-electron chi connectivity index (χ2n) is 9.67. The zero-order valence-electron chi connectivity index (χ0n) is 21.4. The maximum absolute atomic E-state index is 14.4. The molecule has 0 bridgehead atoms. The molecule has 0 saturated carbocycles. The molecular weight excluding hydrogens is 541 g/mol. The Kier molecular flexibility index (Phi) is 5.60. The number of aryl methyl sites for hydroxylation is 1. The summed E-state index contributed by atoms with van der Waals surface area (Å²) in [6.45, 7) is 5.74. The van der Waals surface area contributed by atoms with Crippen LogP contribution in [0.15, 0.2) is 42.6 Å². The number of fused-ring (bicyclic) bond motifs is 4. The summed E-state index contributed by atoms with van der Waals surface area (Å²) < 4.78 is 7.34. The monoisotopic (exact) mass is 563 g/mol. The number of benzene rings is 2. The minimum absolute atomic E-state index is 0.0296. The van der Waals surface area contributed by atoms with Gasteiger partial charge in [-0.05, 0) is 50.6 Å². The zero-order chi connectivity index (χ0) is 27.8. The van der Waals surface area contributed by atoms with E-state index in [-0.39, 0.29) is 23.6 Å². The van der Waals surface area contributed by atoms with Gasteiger partial charge < -0.3 is 20.4 Å². The van der Waals surface area contributed by atoms with Crippen molar-refractivity contribution in [1.29, 1.82) is 0 Å². The average molecular weight is 564 g/mol. The predicted octanol–water partition coefficient (Wildman–Crippen LogP) is 4.98. The molecule has 12 heteroatoms. The number of nitrogens with two attached hydrogens (primary N) is 1. The number of imidazole rings is 1. The largest absolute Gasteiger partial charge is 0.480 e. The van der Waals surface area contributed by atoms with Gasteiger partial charge in [0, 0.05) is 33.5 Å². The number of nitrogen functional groups attached to an aromatic ring is 1. The Labute approximate surface area is 233 Å². The number of hydrogen-bond acceptors (Lipinski definition) is 7. The van der Waals surface area contributed by atoms with Crippen molar-refractivity contribution in [1.82, 2.24) is 19.5 Å². The summed E-state index contributed by atoms with van der Waals surface area (Å²) >= 11 is 12.7. The van der Waals surface area contributed by atoms with Gasteiger partial charge in [0.05, 0.1) is 24.1 Å². The lowest BCUT2D eigenvalue weighted by molar-refractivity contribution is -0.119. The Morgan fingerprint density at radius 1 is 1.08 bits per heavy atom. The summed E-state index contributed by atoms with van der Waals surface area (Å²) in [6, 6.07) is 10.1. The van der Waals surface area contributed by atoms with Crippen molar-refractivity contribution in [3.8, 4) is 17.3 Å². The molecule has 1 spiro atoms. The van der Waals surface area contributed by atoms with E-state index in [1.54, 1.807) is 30.3 Å². The van der Waals surface area contributed by atoms with Gasteiger partial charge in [0.15, 0.2) is 11.2 Å². The zero-order valence-corrected chi connectivity index (χ0v) is 22.9. The lowest BCUT2D eigenvalue weighted by Gasteiger charge is -2.36. The molecule has 0 radical (unpaired) electrons. The first-order valence-electron chi connectivity index (χ1n) is 12.1. The Balaban J connectivity index is 1.74. The summed E-state index contributed by atoms with van der Waals surface area (Å²) in [4.78, 5) is 43.3. The molecule has 4 aromatic rings. The van der Waals surface area contributed by atoms with Crippen LogP contribution in [0, 0.1) is 6.92 Å². The van der Waals surface area contributed by atoms with Crippen molar-refractivity contribution < 1.29 is 14.3 Å². The van der Waals surface area contributed by atoms with E-state index in [1.165, 1.54) is 18.2 Å². The number of hydrogen-bond donors (Lipinski definition) is 2. The lowest BCUT2D eigenvalue weighted by Crippen LogP contribution is -2.51. The van der Waals surface area contributed by atoms with Crippen molar-refractivity contribution in [3.63, 3.8) is 0 Å². The number of halogens is 2. The van der Waals surface area contributed by atoms with Gasteiger partial charge in [-0.1, -0.05) is 35.3 Å². The van der Waals surface area contributed by atoms with E-state index in [9.17, 15) is 9.59 Å². The molecule has 39 heavy (non-hydrogen) atoms. The SMILES string of the molecule is COc1nc(N)ncc1-c1nc2c(n1C(C)C)C1(C(=O)Nc3cc(Cl)ccc31)N(c1cc(Cl)ccc1C)C2=O. The van der Waals surface area contributed by atoms with Crippen LogP contribution in [0.5, 0.6) is 5.88 Å². The van der Waals surface area contributed by atoms with E-state index in [4.69, 9.17) is 38.7 Å². The number of amides is 2. The van der Waals surface area contributed by atoms with E-state index in [0.717, 1.165) is 5.56 Å². The molecule has 2 aliphatic rings. The third-order valence-corrected chi connectivity index (χ3v) is 7.55. The van der Waals surface area contributed by atoms with Gasteiger partial charge >= 0.3 is 0 Å². The van der Waals surface area contributed by atoms with Gasteiger partial charge in [0.25, 0.3) is 11.8 Å². The number of methoxy groups -OCH3 is 1. The van der Waals surface area contributed by atoms with E-state index in [1.807, 2.05) is 31.4 Å². The smallest absolute Gasteiger partial charge is 0.280 e. The van der Waals surface area contributed by atoms with Crippen LogP contribution >= 0.6 is 23.2 Å². The van der Waals surface area contributed by atoms with E-state index < -0.39 is 17.4 Å². The fourth-order valence-corrected chi connectivity index (χ4v) is 5.85. The molecule has 198 valence electrons. The number of nitrogens with zero attached hydrogens (tertiary/aromatic N) is 5. The molecule has 1 unspecified atom stereocenters. The number of nitrogens with one attached hydrogen (secondary N) is 1. The molecule has 1 atom stereocenters. The maximum atomic E-state index is 14.4. The minimum atomic E-state index is -1.60. The van der Waals surface area contributed by atoms with Crippen LogP contribution in [0.25, 0.3) is 11.4 Å². The molecule has 2 aromatic carbocycles. The quantitative estimate of drug-likeness (QED) is 0.358. The molecule has 0 saturated heterocycles. The molecule has 0 aliphatic carbocycles. The molecule has 3 N–H and O–H groups in total. The number of carbonyl (C=O) groups excluding carboxylic acids is 2. The molecule has 10 nitrogen and oxygen atoms in total. The Morgan fingerprint density at radius 3 is 2.51 bits per heavy atom. The average Bonchev–Trinajstić information content (AvgIpc) is 3.49. The number of rotatable bonds is 4. The van der Waals surface area contributed by atoms with Gasteiger partial charge in [-0.2, -0.15) is 4.98 Å². The fourth-order valence-electron chi connectivity index (χ4n) is 5.51. The topological polar surface area (TPSA) is 128 Å². The normalized spacial score (nSPS) is 17.7. The Morgan fingerprint density at radius 2 is 1.79 bits per heavy atom. The van der Waals surface area contributed by atoms with Crippen molar-refractivity contribution in [3.05, 3.63) is 75.2 Å². The molecule has 2 amide bonds. The summed E-state index contributed by atoms with van der Waals surface area (Å²) in [7, 11) is 1.46. The molecule has 6 rings (SSSR count). The van der Waals surface area contributed by atoms with Crippen molar-refractivity contribution >= 4 is 52.3 Å². The van der Waals surface area contributed by atoms with E-state index >= 15 is 0 Å². The standard InChI is InChI=1S/C27H23Cl2N7O3/c1-12(2)35-21-20(33-22(35)16-11-31-26(30)34-23(16)39-4)24(37)36(19-10-15(29)6-5-13(19)3)27(21)17-8-7-14(28)9-18(17)32-25(27)38/h5-12H,1-4H3,(H,32,38)(H2,30,31,34). The van der Waals surface area contributed by atoms with Crippen LogP contribution in [-0.4, -0.2) is 38.4 Å². The van der Waals surface area contributed by atoms with Crippen LogP contribution in [-0.2, 0) is 10.3 Å². The maximum Gasteiger partial charge on any atom is 0.280 e. The molecule has 2 aromatic heterocycles. The first kappa shape index (κ1) is 25.1. The minimum Gasteiger partial charge on any atom is -0.480 e. The third kappa shape index (κ3) is 3.38. The lowest BCUT2D eigenvalue weighted by atomic mass is 9.86. The second-order valence-corrected chi connectivity index (χ2v) is 10.5. The summed E-state index contributed by atoms with van der Waals surface area (Å²) in [6.07, 6.45) is 1.50. The Bertz CT molecular complexity index is 1720. The van der Waals surface area contributed by atoms with Crippen LogP contribution in [0.2, 0.25) is 10.0 Å². The predicted molar refractivity (Wildman–Crippen MR) is 148 cm³/mol. The summed E-state index contributed by atoms with van der Waals surface area (Å²) in [5, 5.41) is 3.83. The number of ether oxygens (including phenoxy) is 1. The number of carbonyl (C=O) groups is 2. The van der Waals surface area contributed by atoms with Gasteiger partial charge in [-0.25, -0.2) is 9.97 Å². The van der Waals surface area contributed by atoms with E-state index in [0.29, 0.717) is 44.1 Å². The molecule has 2 aliphatic heterocycles. The highest BCUT2D eigenvalue weighted by atomic mass is 35.5. The van der Waals surface area contributed by atoms with Gasteiger partial charge in [0.1, 0.15) is 5.82 Å².